The lowest BCUT2D eigenvalue weighted by molar-refractivity contribution is 0.204. The first kappa shape index (κ1) is 14.8. The molecular weight excluding hydrogens is 294 g/mol. The minimum atomic E-state index is -0.519. The van der Waals surface area contributed by atoms with Gasteiger partial charge in [-0.3, -0.25) is 0 Å². The zero-order chi connectivity index (χ0) is 15.4. The maximum atomic E-state index is 10.2. The lowest BCUT2D eigenvalue weighted by atomic mass is 10.1. The van der Waals surface area contributed by atoms with Gasteiger partial charge in [0, 0.05) is 5.75 Å². The highest BCUT2D eigenvalue weighted by molar-refractivity contribution is 7.99. The van der Waals surface area contributed by atoms with Crippen LogP contribution in [-0.4, -0.2) is 25.6 Å². The van der Waals surface area contributed by atoms with Crippen LogP contribution in [-0.2, 0) is 0 Å². The Balaban J connectivity index is 1.62. The molecule has 112 valence electrons. The van der Waals surface area contributed by atoms with Crippen LogP contribution in [0.4, 0.5) is 0 Å². The van der Waals surface area contributed by atoms with Crippen molar-refractivity contribution >= 4 is 11.8 Å². The summed E-state index contributed by atoms with van der Waals surface area (Å²) in [5.74, 6) is 0.530. The maximum absolute atomic E-state index is 10.2. The number of aromatic nitrogens is 3. The van der Waals surface area contributed by atoms with Crippen molar-refractivity contribution in [1.29, 1.82) is 0 Å². The van der Waals surface area contributed by atoms with Crippen LogP contribution in [0.1, 0.15) is 17.2 Å². The van der Waals surface area contributed by atoms with E-state index in [-0.39, 0.29) is 0 Å². The monoisotopic (exact) mass is 311 g/mol. The van der Waals surface area contributed by atoms with E-state index in [0.717, 1.165) is 11.3 Å². The molecule has 0 aliphatic rings. The van der Waals surface area contributed by atoms with Gasteiger partial charge in [0.1, 0.15) is 6.33 Å². The highest BCUT2D eigenvalue weighted by atomic mass is 32.2. The van der Waals surface area contributed by atoms with Crippen molar-refractivity contribution in [2.75, 3.05) is 5.75 Å². The molecule has 4 nitrogen and oxygen atoms in total. The van der Waals surface area contributed by atoms with Crippen LogP contribution in [0.3, 0.4) is 0 Å². The Morgan fingerprint density at radius 1 is 1.09 bits per heavy atom. The molecule has 0 aliphatic heterocycles. The molecule has 0 saturated carbocycles. The van der Waals surface area contributed by atoms with Gasteiger partial charge in [-0.2, -0.15) is 0 Å². The summed E-state index contributed by atoms with van der Waals surface area (Å²) in [5, 5.41) is 15.3. The number of hydrogen-bond donors (Lipinski definition) is 1. The van der Waals surface area contributed by atoms with Crippen molar-refractivity contribution < 1.29 is 5.11 Å². The molecule has 1 heterocycles. The number of para-hydroxylation sites is 1. The number of aliphatic hydroxyl groups excluding tert-OH is 1. The van der Waals surface area contributed by atoms with Gasteiger partial charge in [0.15, 0.2) is 0 Å². The van der Waals surface area contributed by atoms with E-state index in [2.05, 4.69) is 10.1 Å². The van der Waals surface area contributed by atoms with Crippen LogP contribution >= 0.6 is 11.8 Å². The molecule has 0 aliphatic carbocycles. The van der Waals surface area contributed by atoms with E-state index in [1.54, 1.807) is 11.0 Å². The number of benzene rings is 2. The molecule has 1 atom stereocenters. The van der Waals surface area contributed by atoms with E-state index in [1.807, 2.05) is 61.5 Å². The van der Waals surface area contributed by atoms with Gasteiger partial charge in [0.05, 0.1) is 11.8 Å². The van der Waals surface area contributed by atoms with Crippen LogP contribution in [0.15, 0.2) is 66.1 Å². The van der Waals surface area contributed by atoms with Crippen molar-refractivity contribution in [2.24, 2.45) is 0 Å². The number of thioether (sulfide) groups is 1. The summed E-state index contributed by atoms with van der Waals surface area (Å²) in [6, 6.07) is 17.8. The second-order valence-electron chi connectivity index (χ2n) is 5.04. The molecule has 22 heavy (non-hydrogen) atoms. The third-order valence-electron chi connectivity index (χ3n) is 3.32. The Kier molecular flexibility index (Phi) is 4.56. The number of aliphatic hydroxyl groups is 1. The lowest BCUT2D eigenvalue weighted by Gasteiger charge is -2.09. The molecular formula is C17H17N3OS. The van der Waals surface area contributed by atoms with Crippen molar-refractivity contribution in [3.63, 3.8) is 0 Å². The Bertz CT molecular complexity index is 725. The smallest absolute Gasteiger partial charge is 0.208 e. The molecule has 5 heteroatoms. The highest BCUT2D eigenvalue weighted by Gasteiger charge is 2.10. The summed E-state index contributed by atoms with van der Waals surface area (Å²) in [5.41, 5.74) is 3.08. The number of nitrogens with zero attached hydrogens (tertiary/aromatic N) is 3. The Morgan fingerprint density at radius 3 is 2.55 bits per heavy atom. The predicted octanol–water partition coefficient (Wildman–Crippen LogP) is 3.40. The molecule has 0 saturated heterocycles. The van der Waals surface area contributed by atoms with E-state index in [1.165, 1.54) is 17.3 Å². The van der Waals surface area contributed by atoms with E-state index >= 15 is 0 Å². The van der Waals surface area contributed by atoms with Gasteiger partial charge in [-0.25, -0.2) is 9.67 Å². The first-order valence-electron chi connectivity index (χ1n) is 7.07. The molecule has 1 aromatic heterocycles. The summed E-state index contributed by atoms with van der Waals surface area (Å²) >= 11 is 1.45. The van der Waals surface area contributed by atoms with Gasteiger partial charge in [0.25, 0.3) is 0 Å². The van der Waals surface area contributed by atoms with Gasteiger partial charge < -0.3 is 5.11 Å². The van der Waals surface area contributed by atoms with E-state index in [9.17, 15) is 5.11 Å². The summed E-state index contributed by atoms with van der Waals surface area (Å²) in [6.45, 7) is 2.03. The quantitative estimate of drug-likeness (QED) is 0.734. The zero-order valence-electron chi connectivity index (χ0n) is 12.3. The van der Waals surface area contributed by atoms with Crippen LogP contribution in [0, 0.1) is 6.92 Å². The predicted molar refractivity (Wildman–Crippen MR) is 88.2 cm³/mol. The Labute approximate surface area is 133 Å². The van der Waals surface area contributed by atoms with Crippen LogP contribution in [0.25, 0.3) is 5.69 Å². The SMILES string of the molecule is Cc1ccc(C(O)CSc2ncn(-c3ccccc3)n2)cc1. The van der Waals surface area contributed by atoms with Gasteiger partial charge >= 0.3 is 0 Å². The van der Waals surface area contributed by atoms with E-state index in [4.69, 9.17) is 0 Å². The van der Waals surface area contributed by atoms with E-state index < -0.39 is 6.10 Å². The minimum absolute atomic E-state index is 0.519. The van der Waals surface area contributed by atoms with E-state index in [0.29, 0.717) is 10.9 Å². The standard InChI is InChI=1S/C17H17N3OS/c1-13-7-9-14(10-8-13)16(21)11-22-17-18-12-20(19-17)15-5-3-2-4-6-15/h2-10,12,16,21H,11H2,1H3. The fourth-order valence-electron chi connectivity index (χ4n) is 2.06. The fourth-order valence-corrected chi connectivity index (χ4v) is 2.82. The minimum Gasteiger partial charge on any atom is -0.388 e. The third-order valence-corrected chi connectivity index (χ3v) is 4.25. The van der Waals surface area contributed by atoms with Crippen LogP contribution < -0.4 is 0 Å². The average Bonchev–Trinajstić information content (AvgIpc) is 3.03. The molecule has 2 aromatic carbocycles. The summed E-state index contributed by atoms with van der Waals surface area (Å²) in [7, 11) is 0. The van der Waals surface area contributed by atoms with Crippen molar-refractivity contribution in [3.8, 4) is 5.69 Å². The molecule has 0 fully saturated rings. The average molecular weight is 311 g/mol. The lowest BCUT2D eigenvalue weighted by Crippen LogP contribution is -2.01. The molecule has 3 aromatic rings. The highest BCUT2D eigenvalue weighted by Crippen LogP contribution is 2.22. The van der Waals surface area contributed by atoms with Gasteiger partial charge in [0.2, 0.25) is 5.16 Å². The molecule has 1 unspecified atom stereocenters. The first-order chi connectivity index (χ1) is 10.7. The Morgan fingerprint density at radius 2 is 1.82 bits per heavy atom. The largest absolute Gasteiger partial charge is 0.388 e. The van der Waals surface area contributed by atoms with Crippen LogP contribution in [0.5, 0.6) is 0 Å². The van der Waals surface area contributed by atoms with Gasteiger partial charge in [-0.1, -0.05) is 59.8 Å². The first-order valence-corrected chi connectivity index (χ1v) is 8.05. The van der Waals surface area contributed by atoms with Crippen molar-refractivity contribution in [1.82, 2.24) is 14.8 Å². The fraction of sp³-hybridized carbons (Fsp3) is 0.176. The topological polar surface area (TPSA) is 50.9 Å². The summed E-state index contributed by atoms with van der Waals surface area (Å²) in [4.78, 5) is 4.28. The molecule has 0 spiro atoms. The Hall–Kier alpha value is -2.11. The number of hydrogen-bond acceptors (Lipinski definition) is 4. The molecule has 0 radical (unpaired) electrons. The van der Waals surface area contributed by atoms with Crippen LogP contribution in [0.2, 0.25) is 0 Å². The zero-order valence-corrected chi connectivity index (χ0v) is 13.1. The molecule has 0 bridgehead atoms. The maximum Gasteiger partial charge on any atom is 0.208 e. The molecule has 1 N–H and O–H groups in total. The third kappa shape index (κ3) is 3.55. The number of aryl methyl sites for hydroxylation is 1. The molecule has 3 rings (SSSR count). The van der Waals surface area contributed by atoms with Gasteiger partial charge in [-0.05, 0) is 24.6 Å². The normalized spacial score (nSPS) is 12.3. The second kappa shape index (κ2) is 6.77. The molecule has 0 amide bonds. The number of rotatable bonds is 5. The second-order valence-corrected chi connectivity index (χ2v) is 6.03. The van der Waals surface area contributed by atoms with Gasteiger partial charge in [-0.15, -0.1) is 5.10 Å². The van der Waals surface area contributed by atoms with Crippen molar-refractivity contribution in [2.45, 2.75) is 18.2 Å². The summed E-state index contributed by atoms with van der Waals surface area (Å²) in [6.07, 6.45) is 1.17. The summed E-state index contributed by atoms with van der Waals surface area (Å²) < 4.78 is 1.74. The van der Waals surface area contributed by atoms with Crippen molar-refractivity contribution in [3.05, 3.63) is 72.1 Å².